The molecule has 0 bridgehead atoms. The van der Waals surface area contributed by atoms with E-state index in [9.17, 15) is 4.79 Å². The zero-order valence-electron chi connectivity index (χ0n) is 11.5. The van der Waals surface area contributed by atoms with Crippen LogP contribution in [0.2, 0.25) is 0 Å². The number of hydrogen-bond donors (Lipinski definition) is 0. The summed E-state index contributed by atoms with van der Waals surface area (Å²) in [6.07, 6.45) is 6.98. The van der Waals surface area contributed by atoms with E-state index in [1.165, 1.54) is 12.3 Å². The summed E-state index contributed by atoms with van der Waals surface area (Å²) in [5.41, 5.74) is 0.888. The summed E-state index contributed by atoms with van der Waals surface area (Å²) in [6.45, 7) is 2.60. The standard InChI is InChI=1S/C17H18O3/c1-2-3-12-20-17-15(18)11-13-19-16(17)10-9-14-7-5-4-6-8-14/h4-11,13H,2-3,12H2,1H3/b10-9+. The second-order valence-corrected chi connectivity index (χ2v) is 4.42. The molecular weight excluding hydrogens is 252 g/mol. The van der Waals surface area contributed by atoms with Crippen molar-refractivity contribution in [2.75, 3.05) is 6.61 Å². The molecule has 20 heavy (non-hydrogen) atoms. The summed E-state index contributed by atoms with van der Waals surface area (Å²) in [7, 11) is 0. The van der Waals surface area contributed by atoms with Crippen LogP contribution >= 0.6 is 0 Å². The minimum Gasteiger partial charge on any atom is -0.486 e. The van der Waals surface area contributed by atoms with Gasteiger partial charge in [-0.3, -0.25) is 4.79 Å². The highest BCUT2D eigenvalue weighted by molar-refractivity contribution is 5.69. The van der Waals surface area contributed by atoms with Gasteiger partial charge >= 0.3 is 0 Å². The minimum atomic E-state index is -0.153. The molecule has 2 aromatic rings. The maximum Gasteiger partial charge on any atom is 0.227 e. The topological polar surface area (TPSA) is 39.4 Å². The molecule has 0 N–H and O–H groups in total. The summed E-state index contributed by atoms with van der Waals surface area (Å²) >= 11 is 0. The monoisotopic (exact) mass is 270 g/mol. The molecule has 0 saturated heterocycles. The zero-order chi connectivity index (χ0) is 14.2. The van der Waals surface area contributed by atoms with Gasteiger partial charge in [0, 0.05) is 6.07 Å². The van der Waals surface area contributed by atoms with Gasteiger partial charge in [-0.1, -0.05) is 49.8 Å². The van der Waals surface area contributed by atoms with Crippen LogP contribution in [0.15, 0.2) is 51.9 Å². The maximum atomic E-state index is 11.8. The predicted molar refractivity (Wildman–Crippen MR) is 80.8 cm³/mol. The Labute approximate surface area is 118 Å². The summed E-state index contributed by atoms with van der Waals surface area (Å²) in [4.78, 5) is 11.8. The summed E-state index contributed by atoms with van der Waals surface area (Å²) < 4.78 is 10.9. The van der Waals surface area contributed by atoms with Gasteiger partial charge in [0.15, 0.2) is 5.76 Å². The molecule has 0 saturated carbocycles. The average molecular weight is 270 g/mol. The molecule has 3 nitrogen and oxygen atoms in total. The Hall–Kier alpha value is -2.29. The number of unbranched alkanes of at least 4 members (excludes halogenated alkanes) is 1. The third-order valence-corrected chi connectivity index (χ3v) is 2.83. The third kappa shape index (κ3) is 3.85. The van der Waals surface area contributed by atoms with Crippen molar-refractivity contribution in [1.29, 1.82) is 0 Å². The Kier molecular flexibility index (Phi) is 5.18. The molecule has 0 aliphatic heterocycles. The van der Waals surface area contributed by atoms with Gasteiger partial charge < -0.3 is 9.15 Å². The van der Waals surface area contributed by atoms with E-state index < -0.39 is 0 Å². The van der Waals surface area contributed by atoms with Crippen molar-refractivity contribution in [1.82, 2.24) is 0 Å². The van der Waals surface area contributed by atoms with E-state index in [1.54, 1.807) is 6.08 Å². The highest BCUT2D eigenvalue weighted by Crippen LogP contribution is 2.17. The highest BCUT2D eigenvalue weighted by Gasteiger charge is 2.07. The van der Waals surface area contributed by atoms with E-state index in [0.717, 1.165) is 18.4 Å². The number of rotatable bonds is 6. The molecule has 0 atom stereocenters. The van der Waals surface area contributed by atoms with Crippen molar-refractivity contribution in [2.45, 2.75) is 19.8 Å². The van der Waals surface area contributed by atoms with Gasteiger partial charge in [-0.25, -0.2) is 0 Å². The summed E-state index contributed by atoms with van der Waals surface area (Å²) in [6, 6.07) is 11.2. The van der Waals surface area contributed by atoms with Gasteiger partial charge in [-0.05, 0) is 18.1 Å². The fraction of sp³-hybridized carbons (Fsp3) is 0.235. The van der Waals surface area contributed by atoms with Crippen LogP contribution in [0.5, 0.6) is 5.75 Å². The first kappa shape index (κ1) is 14.1. The Bertz CT molecular complexity index is 612. The molecule has 0 spiro atoms. The van der Waals surface area contributed by atoms with Crippen molar-refractivity contribution >= 4 is 12.2 Å². The van der Waals surface area contributed by atoms with Crippen LogP contribution in [-0.4, -0.2) is 6.61 Å². The molecule has 1 aromatic carbocycles. The van der Waals surface area contributed by atoms with Gasteiger partial charge in [0.2, 0.25) is 11.2 Å². The predicted octanol–water partition coefficient (Wildman–Crippen LogP) is 3.99. The number of ether oxygens (including phenoxy) is 1. The van der Waals surface area contributed by atoms with Crippen LogP contribution in [0.25, 0.3) is 12.2 Å². The van der Waals surface area contributed by atoms with Crippen LogP contribution in [0.4, 0.5) is 0 Å². The molecular formula is C17H18O3. The van der Waals surface area contributed by atoms with Gasteiger partial charge in [-0.2, -0.15) is 0 Å². The molecule has 0 aliphatic carbocycles. The number of hydrogen-bond acceptors (Lipinski definition) is 3. The molecule has 0 amide bonds. The second kappa shape index (κ2) is 7.34. The zero-order valence-corrected chi connectivity index (χ0v) is 11.5. The van der Waals surface area contributed by atoms with Gasteiger partial charge in [0.05, 0.1) is 12.9 Å². The lowest BCUT2D eigenvalue weighted by molar-refractivity contribution is 0.294. The summed E-state index contributed by atoms with van der Waals surface area (Å²) in [5.74, 6) is 0.741. The van der Waals surface area contributed by atoms with E-state index in [2.05, 4.69) is 6.92 Å². The molecule has 1 heterocycles. The van der Waals surface area contributed by atoms with Crippen molar-refractivity contribution < 1.29 is 9.15 Å². The van der Waals surface area contributed by atoms with E-state index in [4.69, 9.17) is 9.15 Å². The lowest BCUT2D eigenvalue weighted by Crippen LogP contribution is -2.09. The normalized spacial score (nSPS) is 10.8. The van der Waals surface area contributed by atoms with Gasteiger partial charge in [0.25, 0.3) is 0 Å². The SMILES string of the molecule is CCCCOc1c(/C=C/c2ccccc2)occc1=O. The van der Waals surface area contributed by atoms with E-state index in [-0.39, 0.29) is 11.2 Å². The van der Waals surface area contributed by atoms with Crippen LogP contribution in [-0.2, 0) is 0 Å². The molecule has 0 unspecified atom stereocenters. The largest absolute Gasteiger partial charge is 0.486 e. The first-order chi connectivity index (χ1) is 9.81. The van der Waals surface area contributed by atoms with Crippen molar-refractivity contribution in [2.24, 2.45) is 0 Å². The lowest BCUT2D eigenvalue weighted by Gasteiger charge is -2.06. The van der Waals surface area contributed by atoms with Crippen LogP contribution in [0.1, 0.15) is 31.1 Å². The quantitative estimate of drug-likeness (QED) is 0.745. The van der Waals surface area contributed by atoms with E-state index in [1.807, 2.05) is 36.4 Å². The Morgan fingerprint density at radius 1 is 1.15 bits per heavy atom. The number of benzene rings is 1. The third-order valence-electron chi connectivity index (χ3n) is 2.83. The van der Waals surface area contributed by atoms with Crippen LogP contribution in [0, 0.1) is 0 Å². The Morgan fingerprint density at radius 2 is 1.95 bits per heavy atom. The lowest BCUT2D eigenvalue weighted by atomic mass is 10.2. The minimum absolute atomic E-state index is 0.153. The van der Waals surface area contributed by atoms with Gasteiger partial charge in [0.1, 0.15) is 0 Å². The Morgan fingerprint density at radius 3 is 2.70 bits per heavy atom. The Balaban J connectivity index is 2.20. The highest BCUT2D eigenvalue weighted by atomic mass is 16.5. The first-order valence-corrected chi connectivity index (χ1v) is 6.79. The molecule has 2 rings (SSSR count). The van der Waals surface area contributed by atoms with Crippen molar-refractivity contribution in [3.8, 4) is 5.75 Å². The molecule has 104 valence electrons. The van der Waals surface area contributed by atoms with E-state index in [0.29, 0.717) is 12.4 Å². The molecule has 0 radical (unpaired) electrons. The fourth-order valence-electron chi connectivity index (χ4n) is 1.73. The van der Waals surface area contributed by atoms with E-state index >= 15 is 0 Å². The molecule has 1 aromatic heterocycles. The van der Waals surface area contributed by atoms with Crippen molar-refractivity contribution in [3.63, 3.8) is 0 Å². The first-order valence-electron chi connectivity index (χ1n) is 6.79. The average Bonchev–Trinajstić information content (AvgIpc) is 2.48. The maximum absolute atomic E-state index is 11.8. The molecule has 3 heteroatoms. The van der Waals surface area contributed by atoms with Gasteiger partial charge in [-0.15, -0.1) is 0 Å². The second-order valence-electron chi connectivity index (χ2n) is 4.42. The summed E-state index contributed by atoms with van der Waals surface area (Å²) in [5, 5.41) is 0. The van der Waals surface area contributed by atoms with Crippen LogP contribution < -0.4 is 10.2 Å². The molecule has 0 aliphatic rings. The fourth-order valence-corrected chi connectivity index (χ4v) is 1.73. The van der Waals surface area contributed by atoms with Crippen LogP contribution in [0.3, 0.4) is 0 Å². The molecule has 0 fully saturated rings. The van der Waals surface area contributed by atoms with Crippen molar-refractivity contribution in [3.05, 3.63) is 64.2 Å². The smallest absolute Gasteiger partial charge is 0.227 e.